The molecule has 2 atom stereocenters. The minimum atomic E-state index is -0.191. The van der Waals surface area contributed by atoms with Gasteiger partial charge in [0, 0.05) is 28.9 Å². The van der Waals surface area contributed by atoms with Gasteiger partial charge in [-0.3, -0.25) is 9.59 Å². The molecule has 2 aromatic rings. The first kappa shape index (κ1) is 23.8. The molecule has 0 radical (unpaired) electrons. The van der Waals surface area contributed by atoms with Crippen molar-refractivity contribution in [3.8, 4) is 0 Å². The Morgan fingerprint density at radius 2 is 1.79 bits per heavy atom. The second-order valence-corrected chi connectivity index (χ2v) is 9.34. The molecule has 2 unspecified atom stereocenters. The molecule has 1 amide bonds. The van der Waals surface area contributed by atoms with Gasteiger partial charge in [-0.15, -0.1) is 11.8 Å². The van der Waals surface area contributed by atoms with Crippen molar-refractivity contribution < 1.29 is 14.7 Å². The molecular formula is C22H26ClNO3S2. The van der Waals surface area contributed by atoms with Gasteiger partial charge in [-0.2, -0.15) is 0 Å². The highest BCUT2D eigenvalue weighted by atomic mass is 35.5. The number of aliphatic hydroxyl groups is 1. The molecule has 156 valence electrons. The summed E-state index contributed by atoms with van der Waals surface area (Å²) in [5.74, 6) is -0.0883. The summed E-state index contributed by atoms with van der Waals surface area (Å²) in [7, 11) is 0. The van der Waals surface area contributed by atoms with Crippen molar-refractivity contribution in [3.63, 3.8) is 0 Å². The minimum absolute atomic E-state index is 0.0411. The van der Waals surface area contributed by atoms with E-state index in [-0.39, 0.29) is 34.7 Å². The maximum absolute atomic E-state index is 12.7. The fourth-order valence-electron chi connectivity index (χ4n) is 2.80. The van der Waals surface area contributed by atoms with E-state index in [0.717, 1.165) is 5.56 Å². The summed E-state index contributed by atoms with van der Waals surface area (Å²) < 4.78 is 0. The molecule has 0 aliphatic heterocycles. The second kappa shape index (κ2) is 13.0. The Morgan fingerprint density at radius 1 is 1.10 bits per heavy atom. The molecule has 0 aromatic heterocycles. The van der Waals surface area contributed by atoms with Crippen molar-refractivity contribution in [1.82, 2.24) is 5.32 Å². The van der Waals surface area contributed by atoms with Gasteiger partial charge in [0.05, 0.1) is 5.37 Å². The quantitative estimate of drug-likeness (QED) is 0.480. The summed E-state index contributed by atoms with van der Waals surface area (Å²) in [6.45, 7) is 0.105. The third-order valence-corrected chi connectivity index (χ3v) is 6.59. The number of rotatable bonds is 11. The molecule has 0 saturated heterocycles. The molecule has 0 fully saturated rings. The first-order chi connectivity index (χ1) is 14.0. The van der Waals surface area contributed by atoms with Crippen LogP contribution in [0.4, 0.5) is 0 Å². The van der Waals surface area contributed by atoms with E-state index in [2.05, 4.69) is 5.32 Å². The van der Waals surface area contributed by atoms with E-state index in [1.54, 1.807) is 23.9 Å². The first-order valence-corrected chi connectivity index (χ1v) is 12.0. The molecule has 0 aliphatic rings. The van der Waals surface area contributed by atoms with Crippen LogP contribution in [0.1, 0.15) is 35.2 Å². The van der Waals surface area contributed by atoms with Crippen LogP contribution in [0.3, 0.4) is 0 Å². The average Bonchev–Trinajstić information content (AvgIpc) is 2.73. The third kappa shape index (κ3) is 8.83. The van der Waals surface area contributed by atoms with Crippen LogP contribution in [0, 0.1) is 0 Å². The highest BCUT2D eigenvalue weighted by Gasteiger charge is 2.21. The Morgan fingerprint density at radius 3 is 2.41 bits per heavy atom. The maximum Gasteiger partial charge on any atom is 0.222 e. The van der Waals surface area contributed by atoms with Crippen molar-refractivity contribution in [2.75, 3.05) is 12.9 Å². The highest BCUT2D eigenvalue weighted by molar-refractivity contribution is 8.14. The highest BCUT2D eigenvalue weighted by Crippen LogP contribution is 2.25. The second-order valence-electron chi connectivity index (χ2n) is 6.59. The van der Waals surface area contributed by atoms with E-state index in [1.165, 1.54) is 11.8 Å². The predicted octanol–water partition coefficient (Wildman–Crippen LogP) is 4.79. The first-order valence-electron chi connectivity index (χ1n) is 9.45. The van der Waals surface area contributed by atoms with Crippen LogP contribution in [0.25, 0.3) is 0 Å². The fraction of sp³-hybridized carbons (Fsp3) is 0.364. The summed E-state index contributed by atoms with van der Waals surface area (Å²) in [5, 5.41) is 12.4. The molecular weight excluding hydrogens is 426 g/mol. The summed E-state index contributed by atoms with van der Waals surface area (Å²) >= 11 is 8.72. The van der Waals surface area contributed by atoms with E-state index < -0.39 is 0 Å². The van der Waals surface area contributed by atoms with Gasteiger partial charge in [-0.25, -0.2) is 0 Å². The van der Waals surface area contributed by atoms with Crippen LogP contribution >= 0.6 is 35.1 Å². The van der Waals surface area contributed by atoms with E-state index >= 15 is 0 Å². The van der Waals surface area contributed by atoms with Crippen LogP contribution in [-0.4, -0.2) is 39.6 Å². The summed E-state index contributed by atoms with van der Waals surface area (Å²) in [6, 6.07) is 16.6. The van der Waals surface area contributed by atoms with Crippen LogP contribution in [0.2, 0.25) is 5.02 Å². The van der Waals surface area contributed by atoms with Crippen molar-refractivity contribution in [3.05, 3.63) is 70.7 Å². The lowest BCUT2D eigenvalue weighted by atomic mass is 10.1. The zero-order valence-electron chi connectivity index (χ0n) is 16.3. The Balaban J connectivity index is 2.05. The van der Waals surface area contributed by atoms with Gasteiger partial charge in [0.15, 0.2) is 0 Å². The van der Waals surface area contributed by atoms with Gasteiger partial charge in [0.2, 0.25) is 11.0 Å². The Hall–Kier alpha value is -1.47. The van der Waals surface area contributed by atoms with Crippen molar-refractivity contribution in [2.45, 2.75) is 36.3 Å². The van der Waals surface area contributed by atoms with Gasteiger partial charge in [-0.05, 0) is 43.2 Å². The molecule has 4 nitrogen and oxygen atoms in total. The van der Waals surface area contributed by atoms with E-state index in [9.17, 15) is 9.59 Å². The molecule has 2 N–H and O–H groups in total. The molecule has 29 heavy (non-hydrogen) atoms. The zero-order valence-corrected chi connectivity index (χ0v) is 18.7. The topological polar surface area (TPSA) is 66.4 Å². The van der Waals surface area contributed by atoms with E-state index in [0.29, 0.717) is 29.8 Å². The lowest BCUT2D eigenvalue weighted by Crippen LogP contribution is -2.34. The largest absolute Gasteiger partial charge is 0.396 e. The van der Waals surface area contributed by atoms with Crippen LogP contribution in [0.15, 0.2) is 54.6 Å². The summed E-state index contributed by atoms with van der Waals surface area (Å²) in [4.78, 5) is 25.3. The number of aliphatic hydroxyl groups excluding tert-OH is 1. The van der Waals surface area contributed by atoms with Gasteiger partial charge in [-0.1, -0.05) is 65.8 Å². The Kier molecular flexibility index (Phi) is 10.6. The Labute approximate surface area is 185 Å². The van der Waals surface area contributed by atoms with Crippen LogP contribution < -0.4 is 5.32 Å². The van der Waals surface area contributed by atoms with Gasteiger partial charge in [0.25, 0.3) is 0 Å². The fourth-order valence-corrected chi connectivity index (χ4v) is 4.67. The number of halogens is 1. The number of amides is 1. The number of nitrogens with one attached hydrogen (secondary N) is 1. The number of thioether (sulfide) groups is 2. The summed E-state index contributed by atoms with van der Waals surface area (Å²) in [5.41, 5.74) is 1.66. The van der Waals surface area contributed by atoms with E-state index in [1.807, 2.05) is 48.7 Å². The summed E-state index contributed by atoms with van der Waals surface area (Å²) in [6.07, 6.45) is 4.11. The Bertz CT molecular complexity index is 771. The average molecular weight is 452 g/mol. The number of benzene rings is 2. The smallest absolute Gasteiger partial charge is 0.222 e. The SMILES string of the molecule is CSC(CCCO)NC(=O)CC(Cc1ccc(Cl)cc1)SC(=O)c1ccccc1. The van der Waals surface area contributed by atoms with Crippen molar-refractivity contribution >= 4 is 46.1 Å². The molecule has 0 saturated carbocycles. The molecule has 7 heteroatoms. The standard InChI is InChI=1S/C22H26ClNO3S2/c1-28-21(8-5-13-25)24-20(26)15-19(14-16-9-11-18(23)12-10-16)29-22(27)17-6-3-2-4-7-17/h2-4,6-7,9-12,19,21,25H,5,8,13-15H2,1H3,(H,24,26). The number of carbonyl (C=O) groups is 2. The van der Waals surface area contributed by atoms with Gasteiger partial charge in [0.1, 0.15) is 0 Å². The lowest BCUT2D eigenvalue weighted by Gasteiger charge is -2.19. The maximum atomic E-state index is 12.7. The van der Waals surface area contributed by atoms with Gasteiger partial charge < -0.3 is 10.4 Å². The number of hydrogen-bond donors (Lipinski definition) is 2. The van der Waals surface area contributed by atoms with Crippen LogP contribution in [-0.2, 0) is 11.2 Å². The van der Waals surface area contributed by atoms with Crippen molar-refractivity contribution in [1.29, 1.82) is 0 Å². The number of carbonyl (C=O) groups excluding carboxylic acids is 2. The predicted molar refractivity (Wildman–Crippen MR) is 124 cm³/mol. The van der Waals surface area contributed by atoms with E-state index in [4.69, 9.17) is 16.7 Å². The minimum Gasteiger partial charge on any atom is -0.396 e. The zero-order chi connectivity index (χ0) is 21.1. The molecule has 2 rings (SSSR count). The molecule has 0 bridgehead atoms. The molecule has 2 aromatic carbocycles. The number of hydrogen-bond acceptors (Lipinski definition) is 5. The molecule has 0 heterocycles. The monoisotopic (exact) mass is 451 g/mol. The normalized spacial score (nSPS) is 12.9. The molecule has 0 aliphatic carbocycles. The van der Waals surface area contributed by atoms with Gasteiger partial charge >= 0.3 is 0 Å². The van der Waals surface area contributed by atoms with Crippen LogP contribution in [0.5, 0.6) is 0 Å². The lowest BCUT2D eigenvalue weighted by molar-refractivity contribution is -0.121. The van der Waals surface area contributed by atoms with Crippen molar-refractivity contribution in [2.24, 2.45) is 0 Å². The third-order valence-electron chi connectivity index (χ3n) is 4.30. The molecule has 0 spiro atoms.